The third kappa shape index (κ3) is 4.40. The first-order chi connectivity index (χ1) is 14.1. The number of carbonyl (C=O) groups is 4. The molecular formula is C23H31N3O4. The summed E-state index contributed by atoms with van der Waals surface area (Å²) in [6.45, 7) is 7.32. The van der Waals surface area contributed by atoms with Crippen LogP contribution >= 0.6 is 0 Å². The first-order valence-corrected chi connectivity index (χ1v) is 10.6. The summed E-state index contributed by atoms with van der Waals surface area (Å²) in [5.74, 6) is -0.131. The number of Topliss-reactive ketones (excluding diaryl/α,β-unsaturated/α-hetero) is 1. The predicted octanol–water partition coefficient (Wildman–Crippen LogP) is 3.74. The number of hydrogen-bond donors (Lipinski definition) is 2. The van der Waals surface area contributed by atoms with Crippen molar-refractivity contribution in [3.05, 3.63) is 29.8 Å². The van der Waals surface area contributed by atoms with Crippen LogP contribution in [0.2, 0.25) is 0 Å². The molecule has 0 radical (unpaired) electrons. The highest BCUT2D eigenvalue weighted by Gasteiger charge is 2.52. The molecule has 2 aliphatic rings. The zero-order valence-electron chi connectivity index (χ0n) is 18.2. The Labute approximate surface area is 177 Å². The summed E-state index contributed by atoms with van der Waals surface area (Å²) in [6.07, 6.45) is 4.15. The lowest BCUT2D eigenvalue weighted by Gasteiger charge is -2.34. The lowest BCUT2D eigenvalue weighted by molar-refractivity contribution is -0.132. The molecule has 1 saturated carbocycles. The van der Waals surface area contributed by atoms with E-state index in [1.807, 2.05) is 20.8 Å². The van der Waals surface area contributed by atoms with E-state index in [9.17, 15) is 19.2 Å². The van der Waals surface area contributed by atoms with Crippen LogP contribution in [0.4, 0.5) is 10.5 Å². The standard InChI is InChI=1S/C23H31N3O4/c1-5-15-10-12-23(13-11-15)20(29)26(21(30)25-23)14-18(27)16-6-8-17(9-7-16)24-19(28)22(2,3)4/h6-9,15H,5,10-14H2,1-4H3,(H,24,28)(H,25,30). The highest BCUT2D eigenvalue weighted by Crippen LogP contribution is 2.37. The monoisotopic (exact) mass is 413 g/mol. The Kier molecular flexibility index (Phi) is 6.01. The molecule has 1 aliphatic heterocycles. The molecule has 1 spiro atoms. The average Bonchev–Trinajstić information content (AvgIpc) is 2.92. The number of urea groups is 1. The number of hydrogen-bond acceptors (Lipinski definition) is 4. The number of carbonyl (C=O) groups excluding carboxylic acids is 4. The average molecular weight is 414 g/mol. The Morgan fingerprint density at radius 1 is 1.13 bits per heavy atom. The third-order valence-corrected chi connectivity index (χ3v) is 6.23. The van der Waals surface area contributed by atoms with Crippen molar-refractivity contribution >= 4 is 29.3 Å². The summed E-state index contributed by atoms with van der Waals surface area (Å²) in [5, 5.41) is 5.66. The molecule has 0 unspecified atom stereocenters. The fourth-order valence-electron chi connectivity index (χ4n) is 4.03. The molecule has 1 saturated heterocycles. The molecule has 1 aromatic carbocycles. The van der Waals surface area contributed by atoms with Gasteiger partial charge in [0.25, 0.3) is 5.91 Å². The fraction of sp³-hybridized carbons (Fsp3) is 0.565. The number of ketones is 1. The van der Waals surface area contributed by atoms with Crippen molar-refractivity contribution in [2.45, 2.75) is 65.3 Å². The van der Waals surface area contributed by atoms with Gasteiger partial charge in [0.05, 0.1) is 6.54 Å². The zero-order valence-corrected chi connectivity index (χ0v) is 18.2. The lowest BCUT2D eigenvalue weighted by atomic mass is 9.75. The Balaban J connectivity index is 1.64. The summed E-state index contributed by atoms with van der Waals surface area (Å²) in [4.78, 5) is 51.2. The Morgan fingerprint density at radius 2 is 1.73 bits per heavy atom. The first kappa shape index (κ1) is 22.0. The number of imide groups is 1. The van der Waals surface area contributed by atoms with Gasteiger partial charge in [0.2, 0.25) is 5.91 Å². The van der Waals surface area contributed by atoms with Crippen LogP contribution in [0.15, 0.2) is 24.3 Å². The fourth-order valence-corrected chi connectivity index (χ4v) is 4.03. The van der Waals surface area contributed by atoms with Crippen molar-refractivity contribution in [2.75, 3.05) is 11.9 Å². The molecule has 7 heteroatoms. The van der Waals surface area contributed by atoms with Crippen molar-refractivity contribution in [3.8, 4) is 0 Å². The smallest absolute Gasteiger partial charge is 0.325 e. The number of benzene rings is 1. The van der Waals surface area contributed by atoms with Crippen LogP contribution < -0.4 is 10.6 Å². The molecule has 0 aromatic heterocycles. The topological polar surface area (TPSA) is 95.6 Å². The number of amides is 4. The number of nitrogens with one attached hydrogen (secondary N) is 2. The lowest BCUT2D eigenvalue weighted by Crippen LogP contribution is -2.49. The summed E-state index contributed by atoms with van der Waals surface area (Å²) >= 11 is 0. The second-order valence-corrected chi connectivity index (χ2v) is 9.46. The van der Waals surface area contributed by atoms with Crippen molar-refractivity contribution in [3.63, 3.8) is 0 Å². The van der Waals surface area contributed by atoms with E-state index in [0.29, 0.717) is 30.0 Å². The summed E-state index contributed by atoms with van der Waals surface area (Å²) in [6, 6.07) is 6.01. The normalized spacial score (nSPS) is 24.1. The van der Waals surface area contributed by atoms with Gasteiger partial charge in [0.15, 0.2) is 5.78 Å². The molecule has 2 N–H and O–H groups in total. The second kappa shape index (κ2) is 8.20. The van der Waals surface area contributed by atoms with Gasteiger partial charge in [-0.2, -0.15) is 0 Å². The van der Waals surface area contributed by atoms with Gasteiger partial charge in [-0.15, -0.1) is 0 Å². The summed E-state index contributed by atoms with van der Waals surface area (Å²) in [5.41, 5.74) is -0.387. The van der Waals surface area contributed by atoms with Gasteiger partial charge in [-0.25, -0.2) is 4.79 Å². The van der Waals surface area contributed by atoms with Gasteiger partial charge < -0.3 is 10.6 Å². The minimum absolute atomic E-state index is 0.121. The molecule has 3 rings (SSSR count). The molecular weight excluding hydrogens is 382 g/mol. The maximum atomic E-state index is 13.0. The summed E-state index contributed by atoms with van der Waals surface area (Å²) in [7, 11) is 0. The van der Waals surface area contributed by atoms with E-state index < -0.39 is 17.0 Å². The number of rotatable bonds is 5. The van der Waals surface area contributed by atoms with Gasteiger partial charge in [-0.05, 0) is 55.9 Å². The molecule has 162 valence electrons. The Hall–Kier alpha value is -2.70. The molecule has 7 nitrogen and oxygen atoms in total. The minimum atomic E-state index is -0.843. The van der Waals surface area contributed by atoms with E-state index in [-0.39, 0.29) is 24.1 Å². The molecule has 0 bridgehead atoms. The van der Waals surface area contributed by atoms with E-state index in [2.05, 4.69) is 17.6 Å². The van der Waals surface area contributed by atoms with Crippen molar-refractivity contribution in [1.82, 2.24) is 10.2 Å². The highest BCUT2D eigenvalue weighted by molar-refractivity contribution is 6.11. The van der Waals surface area contributed by atoms with Crippen LogP contribution in [0.3, 0.4) is 0 Å². The SMILES string of the molecule is CCC1CCC2(CC1)NC(=O)N(CC(=O)c1ccc(NC(=O)C(C)(C)C)cc1)C2=O. The van der Waals surface area contributed by atoms with Gasteiger partial charge in [0, 0.05) is 16.7 Å². The zero-order chi connectivity index (χ0) is 22.1. The van der Waals surface area contributed by atoms with Crippen LogP contribution in [-0.2, 0) is 9.59 Å². The van der Waals surface area contributed by atoms with E-state index in [4.69, 9.17) is 0 Å². The van der Waals surface area contributed by atoms with Crippen molar-refractivity contribution in [1.29, 1.82) is 0 Å². The molecule has 30 heavy (non-hydrogen) atoms. The molecule has 1 heterocycles. The Bertz CT molecular complexity index is 846. The molecule has 1 aromatic rings. The van der Waals surface area contributed by atoms with Crippen LogP contribution in [-0.4, -0.2) is 40.6 Å². The molecule has 4 amide bonds. The minimum Gasteiger partial charge on any atom is -0.326 e. The molecule has 0 atom stereocenters. The van der Waals surface area contributed by atoms with Gasteiger partial charge in [0.1, 0.15) is 5.54 Å². The predicted molar refractivity (Wildman–Crippen MR) is 114 cm³/mol. The van der Waals surface area contributed by atoms with Gasteiger partial charge in [-0.3, -0.25) is 19.3 Å². The Morgan fingerprint density at radius 3 is 2.27 bits per heavy atom. The van der Waals surface area contributed by atoms with Gasteiger partial charge in [-0.1, -0.05) is 34.1 Å². The maximum absolute atomic E-state index is 13.0. The first-order valence-electron chi connectivity index (χ1n) is 10.6. The molecule has 2 fully saturated rings. The quantitative estimate of drug-likeness (QED) is 0.568. The van der Waals surface area contributed by atoms with Crippen LogP contribution in [0, 0.1) is 11.3 Å². The van der Waals surface area contributed by atoms with Gasteiger partial charge >= 0.3 is 6.03 Å². The number of anilines is 1. The van der Waals surface area contributed by atoms with Crippen LogP contribution in [0.25, 0.3) is 0 Å². The van der Waals surface area contributed by atoms with Crippen molar-refractivity contribution in [2.24, 2.45) is 11.3 Å². The van der Waals surface area contributed by atoms with Crippen molar-refractivity contribution < 1.29 is 19.2 Å². The summed E-state index contributed by atoms with van der Waals surface area (Å²) < 4.78 is 0. The van der Waals surface area contributed by atoms with E-state index >= 15 is 0 Å². The third-order valence-electron chi connectivity index (χ3n) is 6.23. The molecule has 1 aliphatic carbocycles. The van der Waals surface area contributed by atoms with E-state index in [1.165, 1.54) is 0 Å². The van der Waals surface area contributed by atoms with Crippen LogP contribution in [0.1, 0.15) is 70.2 Å². The highest BCUT2D eigenvalue weighted by atomic mass is 16.2. The number of nitrogens with zero attached hydrogens (tertiary/aromatic N) is 1. The maximum Gasteiger partial charge on any atom is 0.325 e. The van der Waals surface area contributed by atoms with E-state index in [0.717, 1.165) is 24.2 Å². The van der Waals surface area contributed by atoms with Crippen LogP contribution in [0.5, 0.6) is 0 Å². The van der Waals surface area contributed by atoms with E-state index in [1.54, 1.807) is 24.3 Å². The second-order valence-electron chi connectivity index (χ2n) is 9.46. The largest absolute Gasteiger partial charge is 0.326 e.